The summed E-state index contributed by atoms with van der Waals surface area (Å²) < 4.78 is 5.73. The minimum Gasteiger partial charge on any atom is -0.490 e. The van der Waals surface area contributed by atoms with Crippen molar-refractivity contribution in [2.45, 2.75) is 31.8 Å². The highest BCUT2D eigenvalue weighted by Crippen LogP contribution is 2.50. The van der Waals surface area contributed by atoms with Crippen LogP contribution in [0.1, 0.15) is 30.4 Å². The number of benzene rings is 1. The Morgan fingerprint density at radius 1 is 1.47 bits per heavy atom. The van der Waals surface area contributed by atoms with Gasteiger partial charge in [-0.3, -0.25) is 0 Å². The SMILES string of the molecule is CC1Cc2c(cccc2[C@@H]2C[C@H]2CO)O1. The van der Waals surface area contributed by atoms with Gasteiger partial charge in [-0.15, -0.1) is 0 Å². The Balaban J connectivity index is 1.94. The van der Waals surface area contributed by atoms with Crippen molar-refractivity contribution >= 4 is 0 Å². The highest BCUT2D eigenvalue weighted by Gasteiger charge is 2.40. The second-order valence-electron chi connectivity index (χ2n) is 4.74. The zero-order valence-corrected chi connectivity index (χ0v) is 8.94. The largest absolute Gasteiger partial charge is 0.490 e. The molecule has 1 heterocycles. The van der Waals surface area contributed by atoms with Crippen molar-refractivity contribution in [1.29, 1.82) is 0 Å². The summed E-state index contributed by atoms with van der Waals surface area (Å²) in [6.45, 7) is 2.44. The molecule has 0 spiro atoms. The fourth-order valence-corrected chi connectivity index (χ4v) is 2.64. The Morgan fingerprint density at radius 2 is 2.33 bits per heavy atom. The van der Waals surface area contributed by atoms with Gasteiger partial charge >= 0.3 is 0 Å². The van der Waals surface area contributed by atoms with Crippen LogP contribution in [0.4, 0.5) is 0 Å². The van der Waals surface area contributed by atoms with E-state index in [9.17, 15) is 0 Å². The van der Waals surface area contributed by atoms with Gasteiger partial charge < -0.3 is 9.84 Å². The Hall–Kier alpha value is -1.02. The molecule has 0 amide bonds. The second-order valence-corrected chi connectivity index (χ2v) is 4.74. The maximum absolute atomic E-state index is 9.11. The van der Waals surface area contributed by atoms with Gasteiger partial charge in [-0.2, -0.15) is 0 Å². The minimum atomic E-state index is 0.312. The van der Waals surface area contributed by atoms with E-state index < -0.39 is 0 Å². The van der Waals surface area contributed by atoms with E-state index in [-0.39, 0.29) is 0 Å². The number of ether oxygens (including phenoxy) is 1. The molecule has 3 rings (SSSR count). The third-order valence-electron chi connectivity index (χ3n) is 3.55. The number of hydrogen-bond donors (Lipinski definition) is 1. The first kappa shape index (κ1) is 9.22. The molecule has 1 aromatic carbocycles. The van der Waals surface area contributed by atoms with Crippen LogP contribution < -0.4 is 4.74 Å². The van der Waals surface area contributed by atoms with Crippen LogP contribution in [0, 0.1) is 5.92 Å². The first-order chi connectivity index (χ1) is 7.29. The number of aliphatic hydroxyl groups excluding tert-OH is 1. The molecule has 80 valence electrons. The van der Waals surface area contributed by atoms with Crippen LogP contribution in [-0.4, -0.2) is 17.8 Å². The van der Waals surface area contributed by atoms with Crippen LogP contribution in [0.5, 0.6) is 5.75 Å². The third kappa shape index (κ3) is 1.44. The highest BCUT2D eigenvalue weighted by atomic mass is 16.5. The standard InChI is InChI=1S/C13H16O2/c1-8-5-12-10(11-6-9(11)7-14)3-2-4-13(12)15-8/h2-4,8-9,11,14H,5-7H2,1H3/t8?,9-,11+/m0/s1. The molecule has 1 aliphatic heterocycles. The molecule has 1 N–H and O–H groups in total. The van der Waals surface area contributed by atoms with Crippen molar-refractivity contribution in [2.75, 3.05) is 6.61 Å². The summed E-state index contributed by atoms with van der Waals surface area (Å²) in [6.07, 6.45) is 2.48. The Morgan fingerprint density at radius 3 is 3.07 bits per heavy atom. The zero-order valence-electron chi connectivity index (χ0n) is 8.94. The molecule has 2 aliphatic rings. The van der Waals surface area contributed by atoms with Gasteiger partial charge in [-0.1, -0.05) is 12.1 Å². The average Bonchev–Trinajstić information content (AvgIpc) is 2.91. The van der Waals surface area contributed by atoms with Crippen molar-refractivity contribution in [3.8, 4) is 5.75 Å². The van der Waals surface area contributed by atoms with E-state index in [1.165, 1.54) is 11.1 Å². The van der Waals surface area contributed by atoms with Crippen molar-refractivity contribution in [3.05, 3.63) is 29.3 Å². The average molecular weight is 204 g/mol. The Labute approximate surface area is 89.9 Å². The lowest BCUT2D eigenvalue weighted by molar-refractivity contribution is 0.254. The lowest BCUT2D eigenvalue weighted by Gasteiger charge is -2.05. The van der Waals surface area contributed by atoms with E-state index >= 15 is 0 Å². The molecule has 1 aliphatic carbocycles. The number of hydrogen-bond acceptors (Lipinski definition) is 2. The van der Waals surface area contributed by atoms with E-state index in [0.717, 1.165) is 18.6 Å². The van der Waals surface area contributed by atoms with Gasteiger partial charge in [0.1, 0.15) is 11.9 Å². The third-order valence-corrected chi connectivity index (χ3v) is 3.55. The molecule has 0 aromatic heterocycles. The minimum absolute atomic E-state index is 0.312. The van der Waals surface area contributed by atoms with Crippen molar-refractivity contribution < 1.29 is 9.84 Å². The summed E-state index contributed by atoms with van der Waals surface area (Å²) in [5.74, 6) is 2.13. The van der Waals surface area contributed by atoms with Gasteiger partial charge in [-0.25, -0.2) is 0 Å². The van der Waals surface area contributed by atoms with Gasteiger partial charge in [0.15, 0.2) is 0 Å². The lowest BCUT2D eigenvalue weighted by atomic mass is 9.99. The molecule has 0 bridgehead atoms. The van der Waals surface area contributed by atoms with E-state index in [4.69, 9.17) is 9.84 Å². The molecule has 15 heavy (non-hydrogen) atoms. The number of aliphatic hydroxyl groups is 1. The van der Waals surface area contributed by atoms with Crippen LogP contribution >= 0.6 is 0 Å². The lowest BCUT2D eigenvalue weighted by Crippen LogP contribution is -2.05. The van der Waals surface area contributed by atoms with Gasteiger partial charge in [0, 0.05) is 18.6 Å². The van der Waals surface area contributed by atoms with E-state index in [1.807, 2.05) is 0 Å². The summed E-state index contributed by atoms with van der Waals surface area (Å²) in [6, 6.07) is 6.32. The molecule has 1 fully saturated rings. The summed E-state index contributed by atoms with van der Waals surface area (Å²) in [4.78, 5) is 0. The van der Waals surface area contributed by atoms with E-state index in [0.29, 0.717) is 24.5 Å². The Bertz CT molecular complexity index is 386. The smallest absolute Gasteiger partial charge is 0.123 e. The Kier molecular flexibility index (Phi) is 1.99. The van der Waals surface area contributed by atoms with Crippen molar-refractivity contribution in [3.63, 3.8) is 0 Å². The van der Waals surface area contributed by atoms with Gasteiger partial charge in [0.05, 0.1) is 0 Å². The maximum Gasteiger partial charge on any atom is 0.123 e. The molecule has 0 saturated heterocycles. The molecule has 2 nitrogen and oxygen atoms in total. The molecule has 2 heteroatoms. The highest BCUT2D eigenvalue weighted by molar-refractivity contribution is 5.47. The van der Waals surface area contributed by atoms with Crippen molar-refractivity contribution in [1.82, 2.24) is 0 Å². The van der Waals surface area contributed by atoms with Crippen LogP contribution in [0.15, 0.2) is 18.2 Å². The molecule has 1 saturated carbocycles. The molecule has 1 aromatic rings. The van der Waals surface area contributed by atoms with Gasteiger partial charge in [0.2, 0.25) is 0 Å². The van der Waals surface area contributed by atoms with Gasteiger partial charge in [-0.05, 0) is 36.8 Å². The first-order valence-electron chi connectivity index (χ1n) is 5.69. The molecular formula is C13H16O2. The van der Waals surface area contributed by atoms with Gasteiger partial charge in [0.25, 0.3) is 0 Å². The second kappa shape index (κ2) is 3.24. The molecule has 1 unspecified atom stereocenters. The predicted molar refractivity (Wildman–Crippen MR) is 58.2 cm³/mol. The van der Waals surface area contributed by atoms with Crippen LogP contribution in [0.25, 0.3) is 0 Å². The molecule has 0 radical (unpaired) electrons. The summed E-state index contributed by atoms with van der Waals surface area (Å²) in [7, 11) is 0. The van der Waals surface area contributed by atoms with Crippen LogP contribution in [-0.2, 0) is 6.42 Å². The maximum atomic E-state index is 9.11. The van der Waals surface area contributed by atoms with Crippen LogP contribution in [0.2, 0.25) is 0 Å². The monoisotopic (exact) mass is 204 g/mol. The van der Waals surface area contributed by atoms with Crippen molar-refractivity contribution in [2.24, 2.45) is 5.92 Å². The number of rotatable bonds is 2. The first-order valence-corrected chi connectivity index (χ1v) is 5.69. The topological polar surface area (TPSA) is 29.5 Å². The van der Waals surface area contributed by atoms with E-state index in [2.05, 4.69) is 25.1 Å². The quantitative estimate of drug-likeness (QED) is 0.799. The fraction of sp³-hybridized carbons (Fsp3) is 0.538. The molecule has 3 atom stereocenters. The normalized spacial score (nSPS) is 32.3. The number of fused-ring (bicyclic) bond motifs is 1. The summed E-state index contributed by atoms with van der Waals surface area (Å²) in [5.41, 5.74) is 2.79. The summed E-state index contributed by atoms with van der Waals surface area (Å²) >= 11 is 0. The van der Waals surface area contributed by atoms with E-state index in [1.54, 1.807) is 0 Å². The molecular weight excluding hydrogens is 188 g/mol. The predicted octanol–water partition coefficient (Wildman–Crippen LogP) is 2.11. The fourth-order valence-electron chi connectivity index (χ4n) is 2.64. The zero-order chi connectivity index (χ0) is 10.4. The van der Waals surface area contributed by atoms with Crippen LogP contribution in [0.3, 0.4) is 0 Å². The summed E-state index contributed by atoms with van der Waals surface area (Å²) in [5, 5.41) is 9.11.